The number of benzene rings is 2. The Morgan fingerprint density at radius 3 is 2.29 bits per heavy atom. The minimum atomic E-state index is -0.580. The molecule has 0 aromatic heterocycles. The van der Waals surface area contributed by atoms with Gasteiger partial charge in [0.1, 0.15) is 18.9 Å². The van der Waals surface area contributed by atoms with E-state index >= 15 is 0 Å². The number of likely N-dealkylation sites (tertiary alicyclic amines) is 1. The highest BCUT2D eigenvalue weighted by Crippen LogP contribution is 2.26. The number of carbonyl (C=O) groups is 2. The first kappa shape index (κ1) is 19.9. The molecule has 1 unspecified atom stereocenters. The third-order valence-electron chi connectivity index (χ3n) is 4.88. The van der Waals surface area contributed by atoms with Crippen LogP contribution in [0.3, 0.4) is 0 Å². The van der Waals surface area contributed by atoms with Crippen LogP contribution in [-0.2, 0) is 27.3 Å². The number of methoxy groups -OCH3 is 1. The van der Waals surface area contributed by atoms with Crippen molar-refractivity contribution < 1.29 is 19.1 Å². The molecule has 1 aliphatic rings. The average molecular weight is 382 g/mol. The molecule has 0 saturated carbocycles. The molecule has 1 heterocycles. The summed E-state index contributed by atoms with van der Waals surface area (Å²) in [5, 5.41) is 2.93. The Balaban J connectivity index is 1.55. The van der Waals surface area contributed by atoms with Gasteiger partial charge < -0.3 is 14.8 Å². The molecule has 1 fully saturated rings. The fraction of sp³-hybridized carbons (Fsp3) is 0.364. The van der Waals surface area contributed by atoms with Crippen LogP contribution in [0.15, 0.2) is 60.7 Å². The summed E-state index contributed by atoms with van der Waals surface area (Å²) in [6, 6.07) is 18.8. The largest absolute Gasteiger partial charge is 0.444 e. The molecule has 2 amide bonds. The van der Waals surface area contributed by atoms with Crippen LogP contribution >= 0.6 is 0 Å². The summed E-state index contributed by atoms with van der Waals surface area (Å²) in [6.07, 6.45) is 0.916. The van der Waals surface area contributed by atoms with Crippen molar-refractivity contribution in [1.29, 1.82) is 0 Å². The summed E-state index contributed by atoms with van der Waals surface area (Å²) >= 11 is 0. The molecule has 0 aliphatic carbocycles. The number of ether oxygens (including phenoxy) is 2. The van der Waals surface area contributed by atoms with Gasteiger partial charge in [-0.3, -0.25) is 9.69 Å². The first-order valence-corrected chi connectivity index (χ1v) is 9.52. The van der Waals surface area contributed by atoms with Gasteiger partial charge in [0.05, 0.1) is 0 Å². The molecule has 1 N–H and O–H groups in total. The van der Waals surface area contributed by atoms with Crippen LogP contribution in [-0.4, -0.2) is 42.8 Å². The zero-order valence-electron chi connectivity index (χ0n) is 16.0. The molecule has 148 valence electrons. The molecule has 2 atom stereocenters. The molecule has 28 heavy (non-hydrogen) atoms. The Morgan fingerprint density at radius 2 is 1.64 bits per heavy atom. The second-order valence-corrected chi connectivity index (χ2v) is 6.76. The molecule has 1 aliphatic heterocycles. The second kappa shape index (κ2) is 9.90. The zero-order valence-corrected chi connectivity index (χ0v) is 16.0. The maximum atomic E-state index is 12.7. The highest BCUT2D eigenvalue weighted by molar-refractivity contribution is 5.86. The first-order valence-electron chi connectivity index (χ1n) is 9.52. The van der Waals surface area contributed by atoms with Crippen molar-refractivity contribution in [2.75, 3.05) is 13.7 Å². The van der Waals surface area contributed by atoms with Crippen molar-refractivity contribution in [2.45, 2.75) is 38.1 Å². The van der Waals surface area contributed by atoms with E-state index in [0.29, 0.717) is 19.4 Å². The van der Waals surface area contributed by atoms with E-state index in [1.54, 1.807) is 0 Å². The van der Waals surface area contributed by atoms with Crippen molar-refractivity contribution in [3.63, 3.8) is 0 Å². The Bertz CT molecular complexity index is 767. The highest BCUT2D eigenvalue weighted by Gasteiger charge is 2.42. The molecule has 0 bridgehead atoms. The first-order chi connectivity index (χ1) is 13.7. The fourth-order valence-corrected chi connectivity index (χ4v) is 3.40. The quantitative estimate of drug-likeness (QED) is 0.799. The summed E-state index contributed by atoms with van der Waals surface area (Å²) in [4.78, 5) is 26.7. The predicted octanol–water partition coefficient (Wildman–Crippen LogP) is 3.12. The molecule has 2 aromatic carbocycles. The molecule has 1 saturated heterocycles. The third-order valence-corrected chi connectivity index (χ3v) is 4.88. The van der Waals surface area contributed by atoms with E-state index < -0.39 is 18.4 Å². The minimum Gasteiger partial charge on any atom is -0.444 e. The zero-order chi connectivity index (χ0) is 19.8. The molecular weight excluding hydrogens is 356 g/mol. The van der Waals surface area contributed by atoms with Crippen LogP contribution in [0.4, 0.5) is 4.79 Å². The lowest BCUT2D eigenvalue weighted by Gasteiger charge is -2.28. The number of hydrogen-bond donors (Lipinski definition) is 1. The molecule has 3 rings (SSSR count). The van der Waals surface area contributed by atoms with E-state index in [4.69, 9.17) is 9.47 Å². The number of hydrogen-bond acceptors (Lipinski definition) is 4. The van der Waals surface area contributed by atoms with Gasteiger partial charge in [0.2, 0.25) is 5.91 Å². The van der Waals surface area contributed by atoms with E-state index in [1.165, 1.54) is 12.0 Å². The van der Waals surface area contributed by atoms with Gasteiger partial charge in [-0.15, -0.1) is 0 Å². The third kappa shape index (κ3) is 5.10. The van der Waals surface area contributed by atoms with Crippen LogP contribution < -0.4 is 5.32 Å². The van der Waals surface area contributed by atoms with Gasteiger partial charge in [-0.2, -0.15) is 0 Å². The van der Waals surface area contributed by atoms with Gasteiger partial charge in [-0.05, 0) is 30.4 Å². The molecule has 6 heteroatoms. The molecule has 0 spiro atoms. The lowest BCUT2D eigenvalue weighted by molar-refractivity contribution is -0.127. The number of carbonyl (C=O) groups excluding carboxylic acids is 2. The number of nitrogens with zero attached hydrogens (tertiary/aromatic N) is 1. The summed E-state index contributed by atoms with van der Waals surface area (Å²) in [6.45, 7) is 0.679. The van der Waals surface area contributed by atoms with Crippen LogP contribution in [0.5, 0.6) is 0 Å². The smallest absolute Gasteiger partial charge is 0.412 e. The SMILES string of the molecule is COC1CC[C@@H](C(=O)NCCc2ccccc2)N1C(=O)OCc1ccccc1. The molecule has 0 radical (unpaired) electrons. The van der Waals surface area contributed by atoms with Gasteiger partial charge in [0.15, 0.2) is 0 Å². The standard InChI is InChI=1S/C22H26N2O4/c1-27-20-13-12-19(21(25)23-15-14-17-8-4-2-5-9-17)24(20)22(26)28-16-18-10-6-3-7-11-18/h2-11,19-20H,12-16H2,1H3,(H,23,25)/t19-,20?/m0/s1. The lowest BCUT2D eigenvalue weighted by Crippen LogP contribution is -2.49. The van der Waals surface area contributed by atoms with E-state index in [0.717, 1.165) is 17.5 Å². The van der Waals surface area contributed by atoms with Crippen molar-refractivity contribution in [3.05, 3.63) is 71.8 Å². The molecular formula is C22H26N2O4. The highest BCUT2D eigenvalue weighted by atomic mass is 16.6. The van der Waals surface area contributed by atoms with Crippen LogP contribution in [0, 0.1) is 0 Å². The Hall–Kier alpha value is -2.86. The summed E-state index contributed by atoms with van der Waals surface area (Å²) in [7, 11) is 1.54. The predicted molar refractivity (Wildman–Crippen MR) is 105 cm³/mol. The summed E-state index contributed by atoms with van der Waals surface area (Å²) < 4.78 is 10.8. The van der Waals surface area contributed by atoms with Crippen molar-refractivity contribution >= 4 is 12.0 Å². The minimum absolute atomic E-state index is 0.162. The van der Waals surface area contributed by atoms with E-state index in [2.05, 4.69) is 5.32 Å². The van der Waals surface area contributed by atoms with Gasteiger partial charge in [0.25, 0.3) is 0 Å². The van der Waals surface area contributed by atoms with Crippen molar-refractivity contribution in [2.24, 2.45) is 0 Å². The van der Waals surface area contributed by atoms with Crippen LogP contribution in [0.25, 0.3) is 0 Å². The summed E-state index contributed by atoms with van der Waals surface area (Å²) in [5.74, 6) is -0.174. The number of nitrogens with one attached hydrogen (secondary N) is 1. The summed E-state index contributed by atoms with van der Waals surface area (Å²) in [5.41, 5.74) is 2.05. The normalized spacial score (nSPS) is 18.7. The molecule has 6 nitrogen and oxygen atoms in total. The topological polar surface area (TPSA) is 67.9 Å². The average Bonchev–Trinajstić information content (AvgIpc) is 3.18. The second-order valence-electron chi connectivity index (χ2n) is 6.76. The molecule has 2 aromatic rings. The maximum Gasteiger partial charge on any atom is 0.412 e. The van der Waals surface area contributed by atoms with Gasteiger partial charge in [0, 0.05) is 13.7 Å². The van der Waals surface area contributed by atoms with Crippen LogP contribution in [0.2, 0.25) is 0 Å². The Kier molecular flexibility index (Phi) is 7.03. The van der Waals surface area contributed by atoms with Gasteiger partial charge >= 0.3 is 6.09 Å². The lowest BCUT2D eigenvalue weighted by atomic mass is 10.1. The van der Waals surface area contributed by atoms with E-state index in [1.807, 2.05) is 60.7 Å². The Morgan fingerprint density at radius 1 is 1.00 bits per heavy atom. The Labute approximate surface area is 165 Å². The number of rotatable bonds is 7. The van der Waals surface area contributed by atoms with Crippen molar-refractivity contribution in [1.82, 2.24) is 10.2 Å². The number of amides is 2. The van der Waals surface area contributed by atoms with Gasteiger partial charge in [-0.1, -0.05) is 60.7 Å². The fourth-order valence-electron chi connectivity index (χ4n) is 3.40. The maximum absolute atomic E-state index is 12.7. The van der Waals surface area contributed by atoms with E-state index in [-0.39, 0.29) is 12.5 Å². The van der Waals surface area contributed by atoms with Crippen molar-refractivity contribution in [3.8, 4) is 0 Å². The van der Waals surface area contributed by atoms with E-state index in [9.17, 15) is 9.59 Å². The van der Waals surface area contributed by atoms with Crippen LogP contribution in [0.1, 0.15) is 24.0 Å². The van der Waals surface area contributed by atoms with Gasteiger partial charge in [-0.25, -0.2) is 4.79 Å². The monoisotopic (exact) mass is 382 g/mol.